The van der Waals surface area contributed by atoms with Gasteiger partial charge in [0, 0.05) is 23.4 Å². The van der Waals surface area contributed by atoms with Gasteiger partial charge >= 0.3 is 0 Å². The molecule has 33 heavy (non-hydrogen) atoms. The largest absolute Gasteiger partial charge is 0.497 e. The molecule has 0 unspecified atom stereocenters. The van der Waals surface area contributed by atoms with Crippen LogP contribution in [0, 0.1) is 11.3 Å². The highest BCUT2D eigenvalue weighted by Crippen LogP contribution is 2.54. The predicted octanol–water partition coefficient (Wildman–Crippen LogP) is 4.16. The molecule has 2 heterocycles. The van der Waals surface area contributed by atoms with Gasteiger partial charge in [-0.2, -0.15) is 5.26 Å². The van der Waals surface area contributed by atoms with Crippen molar-refractivity contribution < 1.29 is 14.3 Å². The molecule has 1 saturated heterocycles. The number of ether oxygens (including phenoxy) is 1. The molecular formula is C26H21N3O3S. The van der Waals surface area contributed by atoms with Gasteiger partial charge < -0.3 is 14.5 Å². The van der Waals surface area contributed by atoms with Crippen molar-refractivity contribution in [2.24, 2.45) is 0 Å². The number of hydrogen-bond acceptors (Lipinski definition) is 5. The van der Waals surface area contributed by atoms with Crippen LogP contribution in [-0.2, 0) is 16.2 Å². The lowest BCUT2D eigenvalue weighted by Crippen LogP contribution is -2.50. The van der Waals surface area contributed by atoms with Crippen molar-refractivity contribution in [1.82, 2.24) is 4.90 Å². The van der Waals surface area contributed by atoms with Gasteiger partial charge in [-0.3, -0.25) is 9.59 Å². The normalized spacial score (nSPS) is 19.0. The molecule has 0 bridgehead atoms. The smallest absolute Gasteiger partial charge is 0.268 e. The van der Waals surface area contributed by atoms with Crippen LogP contribution >= 0.6 is 11.8 Å². The zero-order chi connectivity index (χ0) is 23.0. The molecule has 1 fully saturated rings. The van der Waals surface area contributed by atoms with Crippen LogP contribution in [-0.4, -0.2) is 36.1 Å². The predicted molar refractivity (Wildman–Crippen MR) is 127 cm³/mol. The zero-order valence-electron chi connectivity index (χ0n) is 18.0. The third-order valence-corrected chi connectivity index (χ3v) is 7.50. The van der Waals surface area contributed by atoms with Crippen LogP contribution in [0.2, 0.25) is 0 Å². The molecule has 0 saturated carbocycles. The summed E-state index contributed by atoms with van der Waals surface area (Å²) in [6.07, 6.45) is 0. The summed E-state index contributed by atoms with van der Waals surface area (Å²) >= 11 is 1.50. The Morgan fingerprint density at radius 3 is 2.67 bits per heavy atom. The number of methoxy groups -OCH3 is 1. The summed E-state index contributed by atoms with van der Waals surface area (Å²) in [6.45, 7) is 0.811. The zero-order valence-corrected chi connectivity index (χ0v) is 18.8. The summed E-state index contributed by atoms with van der Waals surface area (Å²) in [4.78, 5) is 29.9. The fourth-order valence-electron chi connectivity index (χ4n) is 4.54. The molecule has 0 aromatic heterocycles. The van der Waals surface area contributed by atoms with Gasteiger partial charge in [-0.1, -0.05) is 30.3 Å². The average Bonchev–Trinajstić information content (AvgIpc) is 3.41. The Labute approximate surface area is 196 Å². The Hall–Kier alpha value is -3.76. The Morgan fingerprint density at radius 1 is 1.12 bits per heavy atom. The third-order valence-electron chi connectivity index (χ3n) is 6.08. The monoisotopic (exact) mass is 455 g/mol. The van der Waals surface area contributed by atoms with E-state index in [0.717, 1.165) is 16.8 Å². The van der Waals surface area contributed by atoms with E-state index in [2.05, 4.69) is 6.07 Å². The molecule has 3 aromatic carbocycles. The van der Waals surface area contributed by atoms with E-state index in [1.807, 2.05) is 36.4 Å². The quantitative estimate of drug-likeness (QED) is 0.591. The van der Waals surface area contributed by atoms with Gasteiger partial charge in [0.05, 0.1) is 31.0 Å². The maximum atomic E-state index is 14.0. The Morgan fingerprint density at radius 2 is 1.91 bits per heavy atom. The molecule has 0 aliphatic carbocycles. The lowest BCUT2D eigenvalue weighted by atomic mass is 10.0. The topological polar surface area (TPSA) is 73.6 Å². The van der Waals surface area contributed by atoms with E-state index >= 15 is 0 Å². The van der Waals surface area contributed by atoms with Gasteiger partial charge in [0.2, 0.25) is 0 Å². The molecule has 3 aromatic rings. The Balaban J connectivity index is 1.54. The number of fused-ring (bicyclic) bond motifs is 2. The fraction of sp³-hybridized carbons (Fsp3) is 0.192. The first kappa shape index (κ1) is 21.1. The van der Waals surface area contributed by atoms with Crippen LogP contribution in [0.4, 0.5) is 5.69 Å². The molecule has 2 amide bonds. The van der Waals surface area contributed by atoms with Crippen molar-refractivity contribution >= 4 is 29.3 Å². The van der Waals surface area contributed by atoms with E-state index in [4.69, 9.17) is 4.74 Å². The Bertz CT molecular complexity index is 1280. The van der Waals surface area contributed by atoms with Crippen LogP contribution in [0.3, 0.4) is 0 Å². The number of benzene rings is 3. The second-order valence-corrected chi connectivity index (χ2v) is 9.19. The second-order valence-electron chi connectivity index (χ2n) is 7.90. The summed E-state index contributed by atoms with van der Waals surface area (Å²) in [5, 5.41) is 9.25. The van der Waals surface area contributed by atoms with Gasteiger partial charge in [-0.15, -0.1) is 11.8 Å². The molecule has 0 radical (unpaired) electrons. The van der Waals surface area contributed by atoms with Gasteiger partial charge in [0.25, 0.3) is 11.8 Å². The lowest BCUT2D eigenvalue weighted by molar-refractivity contribution is -0.123. The molecule has 5 rings (SSSR count). The van der Waals surface area contributed by atoms with E-state index in [1.165, 1.54) is 11.8 Å². The summed E-state index contributed by atoms with van der Waals surface area (Å²) < 4.78 is 5.21. The molecule has 2 aliphatic rings. The van der Waals surface area contributed by atoms with Crippen LogP contribution in [0.25, 0.3) is 0 Å². The van der Waals surface area contributed by atoms with Crippen LogP contribution in [0.15, 0.2) is 72.8 Å². The highest BCUT2D eigenvalue weighted by molar-refractivity contribution is 8.01. The molecule has 1 spiro atoms. The average molecular weight is 456 g/mol. The van der Waals surface area contributed by atoms with Gasteiger partial charge in [0.1, 0.15) is 5.75 Å². The summed E-state index contributed by atoms with van der Waals surface area (Å²) in [7, 11) is 1.58. The van der Waals surface area contributed by atoms with E-state index < -0.39 is 4.87 Å². The highest BCUT2D eigenvalue weighted by Gasteiger charge is 2.59. The van der Waals surface area contributed by atoms with Crippen molar-refractivity contribution in [3.8, 4) is 11.8 Å². The first-order valence-electron chi connectivity index (χ1n) is 10.6. The second kappa shape index (κ2) is 8.30. The number of hydrogen-bond donors (Lipinski definition) is 0. The minimum absolute atomic E-state index is 0.129. The number of carbonyl (C=O) groups is 2. The standard InChI is InChI=1S/C26H21N3O3S/c1-32-21-11-9-20(10-12-21)24(30)29-13-14-33-26(29)22-7-2-3-8-23(22)28(25(26)31)17-19-6-4-5-18(15-19)16-27/h2-12,15H,13-14,17H2,1H3/t26-/m0/s1. The van der Waals surface area contributed by atoms with Crippen molar-refractivity contribution in [2.75, 3.05) is 24.3 Å². The number of thioether (sulfide) groups is 1. The maximum absolute atomic E-state index is 14.0. The number of para-hydroxylation sites is 1. The fourth-order valence-corrected chi connectivity index (χ4v) is 6.00. The number of anilines is 1. The summed E-state index contributed by atoms with van der Waals surface area (Å²) in [5.41, 5.74) is 3.56. The molecular weight excluding hydrogens is 434 g/mol. The van der Waals surface area contributed by atoms with E-state index in [0.29, 0.717) is 35.7 Å². The molecule has 164 valence electrons. The number of carbonyl (C=O) groups excluding carboxylic acids is 2. The van der Waals surface area contributed by atoms with Crippen molar-refractivity contribution in [3.63, 3.8) is 0 Å². The van der Waals surface area contributed by atoms with E-state index in [1.54, 1.807) is 53.3 Å². The van der Waals surface area contributed by atoms with Gasteiger partial charge in [-0.25, -0.2) is 0 Å². The van der Waals surface area contributed by atoms with E-state index in [-0.39, 0.29) is 11.8 Å². The molecule has 7 heteroatoms. The summed E-state index contributed by atoms with van der Waals surface area (Å²) in [6, 6.07) is 24.0. The number of rotatable bonds is 4. The summed E-state index contributed by atoms with van der Waals surface area (Å²) in [5.74, 6) is 1.03. The first-order valence-corrected chi connectivity index (χ1v) is 11.6. The number of nitrogens with zero attached hydrogens (tertiary/aromatic N) is 3. The van der Waals surface area contributed by atoms with Gasteiger partial charge in [-0.05, 0) is 48.0 Å². The van der Waals surface area contributed by atoms with Crippen molar-refractivity contribution in [1.29, 1.82) is 5.26 Å². The van der Waals surface area contributed by atoms with Crippen LogP contribution < -0.4 is 9.64 Å². The minimum Gasteiger partial charge on any atom is -0.497 e. The van der Waals surface area contributed by atoms with Crippen LogP contribution in [0.5, 0.6) is 5.75 Å². The van der Waals surface area contributed by atoms with E-state index in [9.17, 15) is 14.9 Å². The molecule has 2 aliphatic heterocycles. The van der Waals surface area contributed by atoms with Crippen molar-refractivity contribution in [3.05, 3.63) is 95.1 Å². The lowest BCUT2D eigenvalue weighted by Gasteiger charge is -2.33. The SMILES string of the molecule is COc1ccc(C(=O)N2CCS[C@@]23C(=O)N(Cc2cccc(C#N)c2)c2ccccc23)cc1. The highest BCUT2D eigenvalue weighted by atomic mass is 32.2. The maximum Gasteiger partial charge on any atom is 0.268 e. The molecule has 0 N–H and O–H groups in total. The number of amides is 2. The van der Waals surface area contributed by atoms with Crippen molar-refractivity contribution in [2.45, 2.75) is 11.4 Å². The first-order chi connectivity index (χ1) is 16.1. The molecule has 1 atom stereocenters. The van der Waals surface area contributed by atoms with Crippen LogP contribution in [0.1, 0.15) is 27.0 Å². The molecule has 6 nitrogen and oxygen atoms in total. The minimum atomic E-state index is -1.10. The number of nitriles is 1. The third kappa shape index (κ3) is 3.35. The Kier molecular flexibility index (Phi) is 5.31. The van der Waals surface area contributed by atoms with Gasteiger partial charge in [0.15, 0.2) is 4.87 Å².